The predicted octanol–water partition coefficient (Wildman–Crippen LogP) is 6.76. The number of rotatable bonds is 11. The van der Waals surface area contributed by atoms with Gasteiger partial charge in [-0.25, -0.2) is 17.6 Å². The van der Waals surface area contributed by atoms with Gasteiger partial charge in [-0.3, -0.25) is 0 Å². The predicted molar refractivity (Wildman–Crippen MR) is 96.1 cm³/mol. The number of anilines is 1. The Hall–Kier alpha value is -1.26. The van der Waals surface area contributed by atoms with Crippen LogP contribution in [0, 0.1) is 36.1 Å². The van der Waals surface area contributed by atoms with Crippen molar-refractivity contribution >= 4 is 5.69 Å². The third-order valence-electron chi connectivity index (χ3n) is 4.91. The monoisotopic (exact) mass is 361 g/mol. The molecule has 0 N–H and O–H groups in total. The summed E-state index contributed by atoms with van der Waals surface area (Å²) in [6.45, 7) is 8.25. The molecule has 0 aromatic heterocycles. The number of halogens is 4. The number of hydrogen-bond acceptors (Lipinski definition) is 1. The van der Waals surface area contributed by atoms with Crippen molar-refractivity contribution in [2.45, 2.75) is 72.6 Å². The van der Waals surface area contributed by atoms with Crippen molar-refractivity contribution in [1.29, 1.82) is 0 Å². The van der Waals surface area contributed by atoms with Crippen molar-refractivity contribution in [1.82, 2.24) is 0 Å². The Kier molecular flexibility index (Phi) is 9.30. The first-order chi connectivity index (χ1) is 11.9. The Balaban J connectivity index is 3.07. The molecule has 144 valence electrons. The third kappa shape index (κ3) is 5.61. The third-order valence-corrected chi connectivity index (χ3v) is 4.91. The lowest BCUT2D eigenvalue weighted by atomic mass is 9.95. The van der Waals surface area contributed by atoms with Crippen molar-refractivity contribution in [2.75, 3.05) is 18.0 Å². The van der Waals surface area contributed by atoms with E-state index >= 15 is 0 Å². The van der Waals surface area contributed by atoms with Crippen LogP contribution in [0.15, 0.2) is 0 Å². The molecule has 5 heteroatoms. The minimum absolute atomic E-state index is 0.421. The van der Waals surface area contributed by atoms with Crippen molar-refractivity contribution in [3.63, 3.8) is 0 Å². The van der Waals surface area contributed by atoms with Crippen molar-refractivity contribution in [3.8, 4) is 0 Å². The van der Waals surface area contributed by atoms with Gasteiger partial charge in [-0.05, 0) is 25.7 Å². The number of benzene rings is 1. The van der Waals surface area contributed by atoms with E-state index in [-0.39, 0.29) is 0 Å². The van der Waals surface area contributed by atoms with Gasteiger partial charge in [-0.2, -0.15) is 0 Å². The van der Waals surface area contributed by atoms with Crippen LogP contribution in [0.1, 0.15) is 71.3 Å². The molecule has 0 bridgehead atoms. The van der Waals surface area contributed by atoms with Crippen LogP contribution in [-0.4, -0.2) is 13.1 Å². The summed E-state index contributed by atoms with van der Waals surface area (Å²) >= 11 is 0. The second-order valence-corrected chi connectivity index (χ2v) is 6.78. The highest BCUT2D eigenvalue weighted by atomic mass is 19.2. The van der Waals surface area contributed by atoms with E-state index in [4.69, 9.17) is 0 Å². The molecule has 1 unspecified atom stereocenters. The molecule has 0 fully saturated rings. The zero-order chi connectivity index (χ0) is 19.0. The fraction of sp³-hybridized carbons (Fsp3) is 0.700. The molecule has 0 aliphatic carbocycles. The summed E-state index contributed by atoms with van der Waals surface area (Å²) in [6, 6.07) is 0. The highest BCUT2D eigenvalue weighted by Crippen LogP contribution is 2.31. The fourth-order valence-corrected chi connectivity index (χ4v) is 3.08. The smallest absolute Gasteiger partial charge is 0.197 e. The summed E-state index contributed by atoms with van der Waals surface area (Å²) in [5, 5.41) is 0. The number of nitrogens with zero attached hydrogens (tertiary/aromatic N) is 1. The maximum atomic E-state index is 14.5. The second-order valence-electron chi connectivity index (χ2n) is 6.78. The van der Waals surface area contributed by atoms with Gasteiger partial charge in [0.2, 0.25) is 0 Å². The van der Waals surface area contributed by atoms with Crippen molar-refractivity contribution in [3.05, 3.63) is 28.8 Å². The van der Waals surface area contributed by atoms with Crippen LogP contribution in [0.3, 0.4) is 0 Å². The lowest BCUT2D eigenvalue weighted by Gasteiger charge is -2.28. The Morgan fingerprint density at radius 3 is 1.96 bits per heavy atom. The Morgan fingerprint density at radius 2 is 1.40 bits per heavy atom. The maximum absolute atomic E-state index is 14.5. The molecule has 0 heterocycles. The lowest BCUT2D eigenvalue weighted by molar-refractivity contribution is 0.409. The Bertz CT molecular complexity index is 516. The first kappa shape index (κ1) is 21.8. The van der Waals surface area contributed by atoms with E-state index in [0.29, 0.717) is 19.0 Å². The zero-order valence-electron chi connectivity index (χ0n) is 15.9. The van der Waals surface area contributed by atoms with E-state index < -0.39 is 34.5 Å². The van der Waals surface area contributed by atoms with Gasteiger partial charge in [0, 0.05) is 18.7 Å². The molecule has 0 saturated carbocycles. The van der Waals surface area contributed by atoms with Gasteiger partial charge in [0.05, 0.1) is 0 Å². The van der Waals surface area contributed by atoms with E-state index in [1.165, 1.54) is 0 Å². The molecular formula is C20H31F4N. The van der Waals surface area contributed by atoms with Gasteiger partial charge in [0.1, 0.15) is 5.69 Å². The van der Waals surface area contributed by atoms with E-state index in [1.807, 2.05) is 6.92 Å². The molecule has 0 aliphatic heterocycles. The maximum Gasteiger partial charge on any atom is 0.197 e. The summed E-state index contributed by atoms with van der Waals surface area (Å²) in [5.74, 6) is -4.97. The van der Waals surface area contributed by atoms with Crippen LogP contribution < -0.4 is 4.90 Å². The number of hydrogen-bond donors (Lipinski definition) is 0. The average Bonchev–Trinajstić information content (AvgIpc) is 2.62. The molecule has 1 nitrogen and oxygen atoms in total. The molecule has 0 saturated heterocycles. The fourth-order valence-electron chi connectivity index (χ4n) is 3.08. The largest absolute Gasteiger partial charge is 0.367 e. The normalized spacial score (nSPS) is 12.5. The Labute approximate surface area is 149 Å². The molecule has 0 radical (unpaired) electrons. The van der Waals surface area contributed by atoms with Crippen LogP contribution in [0.2, 0.25) is 0 Å². The lowest BCUT2D eigenvalue weighted by Crippen LogP contribution is -2.30. The van der Waals surface area contributed by atoms with Crippen LogP contribution in [0.25, 0.3) is 0 Å². The van der Waals surface area contributed by atoms with Gasteiger partial charge in [0.25, 0.3) is 0 Å². The van der Waals surface area contributed by atoms with Crippen LogP contribution in [0.5, 0.6) is 0 Å². The summed E-state index contributed by atoms with van der Waals surface area (Å²) < 4.78 is 56.2. The Morgan fingerprint density at radius 1 is 0.760 bits per heavy atom. The molecule has 0 amide bonds. The first-order valence-corrected chi connectivity index (χ1v) is 9.46. The zero-order valence-corrected chi connectivity index (χ0v) is 15.9. The SMILES string of the molecule is CCCCC(CC)CCN(CCCC)c1c(F)c(C)c(F)c(F)c1F. The molecule has 0 spiro atoms. The van der Waals surface area contributed by atoms with Gasteiger partial charge in [-0.15, -0.1) is 0 Å². The minimum atomic E-state index is -1.59. The average molecular weight is 361 g/mol. The van der Waals surface area contributed by atoms with Crippen LogP contribution in [0.4, 0.5) is 23.2 Å². The van der Waals surface area contributed by atoms with Gasteiger partial charge in [-0.1, -0.05) is 52.9 Å². The summed E-state index contributed by atoms with van der Waals surface area (Å²) in [7, 11) is 0. The van der Waals surface area contributed by atoms with Crippen molar-refractivity contribution < 1.29 is 17.6 Å². The van der Waals surface area contributed by atoms with E-state index in [0.717, 1.165) is 51.9 Å². The van der Waals surface area contributed by atoms with Crippen LogP contribution >= 0.6 is 0 Å². The molecule has 1 rings (SSSR count). The first-order valence-electron chi connectivity index (χ1n) is 9.46. The topological polar surface area (TPSA) is 3.24 Å². The number of unbranched alkanes of at least 4 members (excludes halogenated alkanes) is 2. The summed E-state index contributed by atoms with van der Waals surface area (Å²) in [5.41, 5.74) is -0.886. The van der Waals surface area contributed by atoms with E-state index in [1.54, 1.807) is 4.90 Å². The molecule has 25 heavy (non-hydrogen) atoms. The highest BCUT2D eigenvalue weighted by molar-refractivity contribution is 5.52. The van der Waals surface area contributed by atoms with Gasteiger partial charge >= 0.3 is 0 Å². The van der Waals surface area contributed by atoms with Crippen molar-refractivity contribution in [2.24, 2.45) is 5.92 Å². The van der Waals surface area contributed by atoms with E-state index in [9.17, 15) is 17.6 Å². The molecule has 1 aromatic rings. The highest BCUT2D eigenvalue weighted by Gasteiger charge is 2.26. The molecule has 1 atom stereocenters. The summed E-state index contributed by atoms with van der Waals surface area (Å²) in [4.78, 5) is 1.55. The van der Waals surface area contributed by atoms with Gasteiger partial charge in [0.15, 0.2) is 23.3 Å². The minimum Gasteiger partial charge on any atom is -0.367 e. The van der Waals surface area contributed by atoms with Crippen LogP contribution in [-0.2, 0) is 0 Å². The second kappa shape index (κ2) is 10.7. The summed E-state index contributed by atoms with van der Waals surface area (Å²) in [6.07, 6.45) is 6.71. The van der Waals surface area contributed by atoms with E-state index in [2.05, 4.69) is 13.8 Å². The molecular weight excluding hydrogens is 330 g/mol. The standard InChI is InChI=1S/C20H31F4N/c1-5-8-10-15(7-3)11-13-25(12-9-6-2)20-17(22)14(4)16(21)18(23)19(20)24/h15H,5-13H2,1-4H3. The molecule has 1 aromatic carbocycles. The molecule has 0 aliphatic rings. The van der Waals surface area contributed by atoms with Gasteiger partial charge < -0.3 is 4.90 Å². The quantitative estimate of drug-likeness (QED) is 0.239.